The van der Waals surface area contributed by atoms with Crippen molar-refractivity contribution < 1.29 is 48.2 Å². The van der Waals surface area contributed by atoms with Crippen molar-refractivity contribution in [2.45, 2.75) is 59.3 Å². The summed E-state index contributed by atoms with van der Waals surface area (Å²) in [5.41, 5.74) is 4.15. The monoisotopic (exact) mass is 348 g/mol. The van der Waals surface area contributed by atoms with E-state index < -0.39 is 0 Å². The Morgan fingerprint density at radius 3 is 1.32 bits per heavy atom. The minimum absolute atomic E-state index is 0. The topological polar surface area (TPSA) is 0 Å². The molecule has 0 saturated heterocycles. The molecule has 0 spiro atoms. The molecule has 0 bridgehead atoms. The van der Waals surface area contributed by atoms with Gasteiger partial charge >= 0.3 is 41.9 Å². The van der Waals surface area contributed by atoms with Crippen LogP contribution in [0.2, 0.25) is 0 Å². The summed E-state index contributed by atoms with van der Waals surface area (Å²) < 4.78 is 0. The summed E-state index contributed by atoms with van der Waals surface area (Å²) >= 11 is 0. The van der Waals surface area contributed by atoms with Crippen molar-refractivity contribution >= 4 is 23.1 Å². The maximum absolute atomic E-state index is 3.54. The van der Waals surface area contributed by atoms with Gasteiger partial charge in [-0.2, -0.15) is 34.9 Å². The van der Waals surface area contributed by atoms with E-state index in [4.69, 9.17) is 0 Å². The van der Waals surface area contributed by atoms with Gasteiger partial charge in [-0.3, -0.25) is 0 Å². The molecule has 0 aliphatic rings. The standard InChI is InChI=1S/C15H23.BrH.ClH.Li.Mg/c1-10(2)13-7-14(11(3)4)9-15(8-13)12(5)6;;;;/h7-8,10-12H,1-6H3;2*1H;;/q-1;;;+1;+2/p-2. The summed E-state index contributed by atoms with van der Waals surface area (Å²) in [5.74, 6) is 1.75. The van der Waals surface area contributed by atoms with Crippen LogP contribution in [0.4, 0.5) is 0 Å². The predicted molar refractivity (Wildman–Crippen MR) is 73.3 cm³/mol. The van der Waals surface area contributed by atoms with Gasteiger partial charge in [0.2, 0.25) is 0 Å². The van der Waals surface area contributed by atoms with Gasteiger partial charge in [0.05, 0.1) is 0 Å². The van der Waals surface area contributed by atoms with Crippen molar-refractivity contribution in [3.05, 3.63) is 34.9 Å². The maximum Gasteiger partial charge on any atom is 2.00 e. The molecular weight excluding hydrogens is 327 g/mol. The Labute approximate surface area is 164 Å². The zero-order valence-electron chi connectivity index (χ0n) is 13.3. The fourth-order valence-electron chi connectivity index (χ4n) is 1.59. The van der Waals surface area contributed by atoms with E-state index in [1.54, 1.807) is 0 Å². The Morgan fingerprint density at radius 2 is 1.11 bits per heavy atom. The predicted octanol–water partition coefficient (Wildman–Crippen LogP) is -4.51. The van der Waals surface area contributed by atoms with Crippen molar-refractivity contribution in [2.24, 2.45) is 0 Å². The van der Waals surface area contributed by atoms with Gasteiger partial charge in [0.25, 0.3) is 0 Å². The first kappa shape index (κ1) is 28.5. The van der Waals surface area contributed by atoms with Crippen molar-refractivity contribution in [3.63, 3.8) is 0 Å². The summed E-state index contributed by atoms with van der Waals surface area (Å²) in [6.45, 7) is 13.5. The number of benzene rings is 1. The van der Waals surface area contributed by atoms with Crippen LogP contribution in [0.1, 0.15) is 76.0 Å². The molecular formula is C15H23BrClLiMg. The summed E-state index contributed by atoms with van der Waals surface area (Å²) in [7, 11) is 0. The Bertz CT molecular complexity index is 276. The summed E-state index contributed by atoms with van der Waals surface area (Å²) in [6, 6.07) is 8.15. The maximum atomic E-state index is 3.54. The summed E-state index contributed by atoms with van der Waals surface area (Å²) in [6.07, 6.45) is 0. The third-order valence-electron chi connectivity index (χ3n) is 2.84. The largest absolute Gasteiger partial charge is 2.00 e. The Hall–Kier alpha value is 1.35. The molecule has 0 heterocycles. The van der Waals surface area contributed by atoms with E-state index >= 15 is 0 Å². The van der Waals surface area contributed by atoms with Crippen LogP contribution in [0, 0.1) is 6.07 Å². The van der Waals surface area contributed by atoms with Gasteiger partial charge < -0.3 is 29.4 Å². The average molecular weight is 350 g/mol. The van der Waals surface area contributed by atoms with Crippen LogP contribution in [-0.4, -0.2) is 23.1 Å². The Kier molecular flexibility index (Phi) is 19.6. The summed E-state index contributed by atoms with van der Waals surface area (Å²) in [4.78, 5) is 0. The molecule has 0 amide bonds. The van der Waals surface area contributed by atoms with E-state index in [0.717, 1.165) is 0 Å². The average Bonchev–Trinajstić information content (AvgIpc) is 2.16. The molecule has 0 atom stereocenters. The van der Waals surface area contributed by atoms with Gasteiger partial charge in [0, 0.05) is 0 Å². The first-order valence-electron chi connectivity index (χ1n) is 5.98. The molecule has 4 heteroatoms. The Balaban J connectivity index is -0.000000281. The number of halogens is 2. The Morgan fingerprint density at radius 1 is 0.789 bits per heavy atom. The molecule has 1 aromatic carbocycles. The van der Waals surface area contributed by atoms with E-state index in [2.05, 4.69) is 59.7 Å². The van der Waals surface area contributed by atoms with Gasteiger partial charge in [-0.05, 0) is 17.8 Å². The fraction of sp³-hybridized carbons (Fsp3) is 0.600. The van der Waals surface area contributed by atoms with Gasteiger partial charge in [-0.1, -0.05) is 41.5 Å². The molecule has 0 aliphatic heterocycles. The first-order chi connectivity index (χ1) is 6.91. The molecule has 0 nitrogen and oxygen atoms in total. The second-order valence-corrected chi connectivity index (χ2v) is 5.29. The molecule has 0 N–H and O–H groups in total. The zero-order valence-corrected chi connectivity index (χ0v) is 17.1. The van der Waals surface area contributed by atoms with Gasteiger partial charge in [0.1, 0.15) is 0 Å². The molecule has 0 saturated carbocycles. The summed E-state index contributed by atoms with van der Waals surface area (Å²) in [5, 5.41) is 0. The van der Waals surface area contributed by atoms with Crippen LogP contribution < -0.4 is 48.2 Å². The van der Waals surface area contributed by atoms with Gasteiger partial charge in [-0.25, -0.2) is 0 Å². The molecule has 0 aromatic heterocycles. The molecule has 0 radical (unpaired) electrons. The quantitative estimate of drug-likeness (QED) is 0.381. The van der Waals surface area contributed by atoms with E-state index in [-0.39, 0.29) is 71.3 Å². The minimum Gasteiger partial charge on any atom is -1.00 e. The van der Waals surface area contributed by atoms with E-state index in [1.807, 2.05) is 0 Å². The van der Waals surface area contributed by atoms with Crippen molar-refractivity contribution in [3.8, 4) is 0 Å². The molecule has 1 rings (SSSR count). The molecule has 0 fully saturated rings. The number of hydrogen-bond donors (Lipinski definition) is 0. The molecule has 100 valence electrons. The first-order valence-corrected chi connectivity index (χ1v) is 5.98. The van der Waals surface area contributed by atoms with Crippen LogP contribution in [0.3, 0.4) is 0 Å². The molecule has 1 aromatic rings. The SMILES string of the molecule is CC(C)c1[c-]c(C(C)C)cc(C(C)C)c1.[Br-].[Cl-].[Li+].[Mg+2]. The third-order valence-corrected chi connectivity index (χ3v) is 2.84. The van der Waals surface area contributed by atoms with Crippen LogP contribution in [0.25, 0.3) is 0 Å². The third kappa shape index (κ3) is 9.07. The fourth-order valence-corrected chi connectivity index (χ4v) is 1.59. The van der Waals surface area contributed by atoms with Crippen LogP contribution in [-0.2, 0) is 0 Å². The van der Waals surface area contributed by atoms with E-state index in [9.17, 15) is 0 Å². The van der Waals surface area contributed by atoms with E-state index in [0.29, 0.717) is 17.8 Å². The number of hydrogen-bond acceptors (Lipinski definition) is 0. The van der Waals surface area contributed by atoms with Crippen molar-refractivity contribution in [1.29, 1.82) is 0 Å². The van der Waals surface area contributed by atoms with E-state index in [1.165, 1.54) is 16.7 Å². The van der Waals surface area contributed by atoms with Crippen molar-refractivity contribution in [1.82, 2.24) is 0 Å². The van der Waals surface area contributed by atoms with Crippen LogP contribution in [0.15, 0.2) is 12.1 Å². The van der Waals surface area contributed by atoms with Gasteiger partial charge in [0.15, 0.2) is 0 Å². The second kappa shape index (κ2) is 13.0. The normalized spacial score (nSPS) is 9.32. The minimum atomic E-state index is 0. The molecule has 19 heavy (non-hydrogen) atoms. The number of rotatable bonds is 3. The van der Waals surface area contributed by atoms with Gasteiger partial charge in [-0.15, -0.1) is 0 Å². The van der Waals surface area contributed by atoms with Crippen molar-refractivity contribution in [2.75, 3.05) is 0 Å². The van der Waals surface area contributed by atoms with Crippen LogP contribution >= 0.6 is 0 Å². The zero-order chi connectivity index (χ0) is 11.6. The van der Waals surface area contributed by atoms with Crippen LogP contribution in [0.5, 0.6) is 0 Å². The smallest absolute Gasteiger partial charge is 1.00 e. The molecule has 0 aliphatic carbocycles. The second-order valence-electron chi connectivity index (χ2n) is 5.29. The molecule has 0 unspecified atom stereocenters.